The lowest BCUT2D eigenvalue weighted by molar-refractivity contribution is 0.600. The molecule has 0 saturated heterocycles. The first kappa shape index (κ1) is 15.3. The van der Waals surface area contributed by atoms with E-state index in [9.17, 15) is 8.42 Å². The van der Waals surface area contributed by atoms with Crippen molar-refractivity contribution in [2.75, 3.05) is 4.72 Å². The van der Waals surface area contributed by atoms with Crippen molar-refractivity contribution in [3.63, 3.8) is 0 Å². The van der Waals surface area contributed by atoms with Crippen molar-refractivity contribution in [1.29, 1.82) is 0 Å². The first-order chi connectivity index (χ1) is 9.31. The largest absolute Gasteiger partial charge is 0.276 e. The first-order valence-corrected chi connectivity index (χ1v) is 8.37. The summed E-state index contributed by atoms with van der Waals surface area (Å²) in [5.74, 6) is 0. The molecule has 1 aromatic carbocycles. The van der Waals surface area contributed by atoms with Crippen LogP contribution in [0.3, 0.4) is 0 Å². The second-order valence-corrected chi connectivity index (χ2v) is 7.20. The summed E-state index contributed by atoms with van der Waals surface area (Å²) in [6, 6.07) is 6.71. The van der Waals surface area contributed by atoms with Gasteiger partial charge in [-0.2, -0.15) is 0 Å². The number of sulfonamides is 1. The van der Waals surface area contributed by atoms with Crippen LogP contribution in [0.25, 0.3) is 0 Å². The molecule has 0 aliphatic heterocycles. The highest BCUT2D eigenvalue weighted by Gasteiger charge is 2.20. The molecule has 2 rings (SSSR count). The van der Waals surface area contributed by atoms with Crippen molar-refractivity contribution in [2.24, 2.45) is 0 Å². The third-order valence-electron chi connectivity index (χ3n) is 2.73. The van der Waals surface area contributed by atoms with Crippen LogP contribution in [0.2, 0.25) is 5.15 Å². The zero-order valence-electron chi connectivity index (χ0n) is 10.8. The van der Waals surface area contributed by atoms with E-state index in [2.05, 4.69) is 25.6 Å². The Labute approximate surface area is 131 Å². The van der Waals surface area contributed by atoms with Crippen LogP contribution in [0.4, 0.5) is 5.69 Å². The quantitative estimate of drug-likeness (QED) is 0.827. The average molecular weight is 376 g/mol. The normalized spacial score (nSPS) is 11.4. The minimum absolute atomic E-state index is 0.122. The highest BCUT2D eigenvalue weighted by molar-refractivity contribution is 9.10. The molecular formula is C13H12BrClN2O2S. The van der Waals surface area contributed by atoms with Crippen LogP contribution in [0.1, 0.15) is 11.1 Å². The molecule has 20 heavy (non-hydrogen) atoms. The smallest absolute Gasteiger partial charge is 0.263 e. The van der Waals surface area contributed by atoms with Gasteiger partial charge in [0.1, 0.15) is 4.90 Å². The molecule has 1 heterocycles. The molecule has 1 N–H and O–H groups in total. The lowest BCUT2D eigenvalue weighted by Crippen LogP contribution is -2.15. The monoisotopic (exact) mass is 374 g/mol. The average Bonchev–Trinajstić information content (AvgIpc) is 2.33. The number of benzene rings is 1. The summed E-state index contributed by atoms with van der Waals surface area (Å²) >= 11 is 9.20. The van der Waals surface area contributed by atoms with Gasteiger partial charge in [-0.05, 0) is 59.1 Å². The van der Waals surface area contributed by atoms with Crippen LogP contribution >= 0.6 is 27.5 Å². The number of aromatic nitrogens is 1. The molecule has 0 aliphatic rings. The second-order valence-electron chi connectivity index (χ2n) is 4.33. The zero-order chi connectivity index (χ0) is 14.9. The van der Waals surface area contributed by atoms with E-state index in [1.54, 1.807) is 31.2 Å². The third kappa shape index (κ3) is 3.13. The summed E-state index contributed by atoms with van der Waals surface area (Å²) in [5, 5.41) is 0.122. The maximum absolute atomic E-state index is 12.4. The van der Waals surface area contributed by atoms with Crippen molar-refractivity contribution in [3.8, 4) is 0 Å². The number of pyridine rings is 1. The van der Waals surface area contributed by atoms with Gasteiger partial charge in [-0.25, -0.2) is 13.4 Å². The summed E-state index contributed by atoms with van der Waals surface area (Å²) < 4.78 is 27.8. The third-order valence-corrected chi connectivity index (χ3v) is 5.34. The minimum Gasteiger partial charge on any atom is -0.276 e. The predicted molar refractivity (Wildman–Crippen MR) is 83.7 cm³/mol. The SMILES string of the molecule is Cc1ccc(S(=O)(=O)Nc2c(C)ccnc2Cl)c(Br)c1. The van der Waals surface area contributed by atoms with E-state index in [0.29, 0.717) is 15.7 Å². The van der Waals surface area contributed by atoms with Gasteiger partial charge >= 0.3 is 0 Å². The van der Waals surface area contributed by atoms with Gasteiger partial charge < -0.3 is 0 Å². The van der Waals surface area contributed by atoms with Crippen LogP contribution in [0.15, 0.2) is 39.8 Å². The number of nitrogens with one attached hydrogen (secondary N) is 1. The minimum atomic E-state index is -3.73. The van der Waals surface area contributed by atoms with E-state index in [4.69, 9.17) is 11.6 Å². The van der Waals surface area contributed by atoms with Gasteiger partial charge in [0.05, 0.1) is 5.69 Å². The van der Waals surface area contributed by atoms with E-state index in [-0.39, 0.29) is 10.0 Å². The molecule has 0 bridgehead atoms. The molecule has 0 unspecified atom stereocenters. The van der Waals surface area contributed by atoms with Gasteiger partial charge in [0.15, 0.2) is 5.15 Å². The Morgan fingerprint density at radius 2 is 1.95 bits per heavy atom. The Morgan fingerprint density at radius 1 is 1.25 bits per heavy atom. The molecule has 0 atom stereocenters. The molecule has 0 radical (unpaired) electrons. The Hall–Kier alpha value is -1.11. The number of aryl methyl sites for hydroxylation is 2. The number of nitrogens with zero attached hydrogens (tertiary/aromatic N) is 1. The maximum atomic E-state index is 12.4. The Kier molecular flexibility index (Phi) is 4.36. The van der Waals surface area contributed by atoms with Crippen molar-refractivity contribution in [3.05, 3.63) is 51.2 Å². The van der Waals surface area contributed by atoms with Gasteiger partial charge in [-0.3, -0.25) is 4.72 Å². The van der Waals surface area contributed by atoms with Crippen molar-refractivity contribution < 1.29 is 8.42 Å². The fourth-order valence-electron chi connectivity index (χ4n) is 1.66. The summed E-state index contributed by atoms with van der Waals surface area (Å²) in [6.45, 7) is 3.65. The standard InChI is InChI=1S/C13H12BrClN2O2S/c1-8-3-4-11(10(14)7-8)20(18,19)17-12-9(2)5-6-16-13(12)15/h3-7,17H,1-2H3. The fraction of sp³-hybridized carbons (Fsp3) is 0.154. The van der Waals surface area contributed by atoms with Crippen molar-refractivity contribution >= 4 is 43.2 Å². The van der Waals surface area contributed by atoms with Crippen LogP contribution in [0.5, 0.6) is 0 Å². The predicted octanol–water partition coefficient (Wildman–Crippen LogP) is 3.92. The van der Waals surface area contributed by atoms with Crippen molar-refractivity contribution in [1.82, 2.24) is 4.98 Å². The zero-order valence-corrected chi connectivity index (χ0v) is 14.0. The number of halogens is 2. The van der Waals surface area contributed by atoms with Gasteiger partial charge in [0.2, 0.25) is 0 Å². The Morgan fingerprint density at radius 3 is 2.55 bits per heavy atom. The number of hydrogen-bond acceptors (Lipinski definition) is 3. The summed E-state index contributed by atoms with van der Waals surface area (Å²) in [4.78, 5) is 4.04. The van der Waals surface area contributed by atoms with Crippen molar-refractivity contribution in [2.45, 2.75) is 18.7 Å². The summed E-state index contributed by atoms with van der Waals surface area (Å²) in [7, 11) is -3.73. The molecule has 2 aromatic rings. The van der Waals surface area contributed by atoms with Crippen LogP contribution < -0.4 is 4.72 Å². The molecule has 0 aliphatic carbocycles. The van der Waals surface area contributed by atoms with E-state index in [1.807, 2.05) is 6.92 Å². The van der Waals surface area contributed by atoms with Gasteiger partial charge in [-0.15, -0.1) is 0 Å². The number of rotatable bonds is 3. The van der Waals surface area contributed by atoms with Gasteiger partial charge in [-0.1, -0.05) is 17.7 Å². The molecule has 0 fully saturated rings. The van der Waals surface area contributed by atoms with Gasteiger partial charge in [0.25, 0.3) is 10.0 Å². The van der Waals surface area contributed by atoms with E-state index in [1.165, 1.54) is 6.20 Å². The lowest BCUT2D eigenvalue weighted by atomic mass is 10.2. The number of anilines is 1. The number of hydrogen-bond donors (Lipinski definition) is 1. The summed E-state index contributed by atoms with van der Waals surface area (Å²) in [6.07, 6.45) is 1.53. The van der Waals surface area contributed by atoms with Crippen LogP contribution in [0, 0.1) is 13.8 Å². The maximum Gasteiger partial charge on any atom is 0.263 e. The highest BCUT2D eigenvalue weighted by Crippen LogP contribution is 2.29. The Bertz CT molecular complexity index is 743. The van der Waals surface area contributed by atoms with E-state index < -0.39 is 10.0 Å². The molecule has 7 heteroatoms. The highest BCUT2D eigenvalue weighted by atomic mass is 79.9. The molecule has 4 nitrogen and oxygen atoms in total. The molecule has 0 spiro atoms. The molecule has 1 aromatic heterocycles. The second kappa shape index (κ2) is 5.71. The van der Waals surface area contributed by atoms with Crippen LogP contribution in [-0.2, 0) is 10.0 Å². The lowest BCUT2D eigenvalue weighted by Gasteiger charge is -2.12. The summed E-state index contributed by atoms with van der Waals surface area (Å²) in [5.41, 5.74) is 1.96. The molecule has 106 valence electrons. The first-order valence-electron chi connectivity index (χ1n) is 5.71. The molecular weight excluding hydrogens is 364 g/mol. The fourth-order valence-corrected chi connectivity index (χ4v) is 4.30. The van der Waals surface area contributed by atoms with E-state index in [0.717, 1.165) is 5.56 Å². The van der Waals surface area contributed by atoms with Gasteiger partial charge in [0, 0.05) is 10.7 Å². The van der Waals surface area contributed by atoms with E-state index >= 15 is 0 Å². The topological polar surface area (TPSA) is 59.1 Å². The molecule has 0 saturated carbocycles. The molecule has 0 amide bonds. The Balaban J connectivity index is 2.46. The van der Waals surface area contributed by atoms with Crippen LogP contribution in [-0.4, -0.2) is 13.4 Å².